The molecule has 2 aliphatic rings. The molecule has 30 heavy (non-hydrogen) atoms. The van der Waals surface area contributed by atoms with E-state index in [4.69, 9.17) is 16.6 Å². The lowest BCUT2D eigenvalue weighted by molar-refractivity contribution is 0.625. The lowest BCUT2D eigenvalue weighted by Crippen LogP contribution is -2.23. The topological polar surface area (TPSA) is 41.4 Å². The van der Waals surface area contributed by atoms with Gasteiger partial charge in [0, 0.05) is 29.2 Å². The van der Waals surface area contributed by atoms with Crippen molar-refractivity contribution in [3.05, 3.63) is 70.8 Å². The van der Waals surface area contributed by atoms with Gasteiger partial charge in [-0.15, -0.1) is 0 Å². The summed E-state index contributed by atoms with van der Waals surface area (Å²) in [5.74, 6) is -0.336. The first kappa shape index (κ1) is 19.2. The van der Waals surface area contributed by atoms with Crippen molar-refractivity contribution in [1.29, 1.82) is 0 Å². The summed E-state index contributed by atoms with van der Waals surface area (Å²) < 4.78 is 14.5. The van der Waals surface area contributed by atoms with E-state index < -0.39 is 0 Å². The highest BCUT2D eigenvalue weighted by Gasteiger charge is 2.21. The number of rotatable bonds is 3. The normalized spacial score (nSPS) is 17.1. The Morgan fingerprint density at radius 2 is 1.77 bits per heavy atom. The number of benzene rings is 1. The van der Waals surface area contributed by atoms with Gasteiger partial charge in [-0.2, -0.15) is 0 Å². The Morgan fingerprint density at radius 3 is 2.60 bits per heavy atom. The molecule has 6 heteroatoms. The van der Waals surface area contributed by atoms with E-state index >= 15 is 0 Å². The van der Waals surface area contributed by atoms with Crippen molar-refractivity contribution in [2.24, 2.45) is 4.99 Å². The molecule has 0 bridgehead atoms. The van der Waals surface area contributed by atoms with E-state index in [9.17, 15) is 4.39 Å². The minimum Gasteiger partial charge on any atom is -0.370 e. The molecule has 4 heterocycles. The van der Waals surface area contributed by atoms with Crippen LogP contribution in [0, 0.1) is 5.82 Å². The van der Waals surface area contributed by atoms with Crippen LogP contribution in [0.15, 0.2) is 53.7 Å². The highest BCUT2D eigenvalue weighted by atomic mass is 35.5. The molecule has 0 saturated carbocycles. The first-order valence-corrected chi connectivity index (χ1v) is 10.8. The highest BCUT2D eigenvalue weighted by Crippen LogP contribution is 2.29. The molecule has 0 radical (unpaired) electrons. The van der Waals surface area contributed by atoms with Gasteiger partial charge in [-0.05, 0) is 49.2 Å². The third-order valence-corrected chi connectivity index (χ3v) is 5.99. The van der Waals surface area contributed by atoms with E-state index in [2.05, 4.69) is 20.9 Å². The molecular formula is C24H22ClFN4. The maximum atomic E-state index is 14.5. The Morgan fingerprint density at radius 1 is 0.933 bits per heavy atom. The Balaban J connectivity index is 1.51. The van der Waals surface area contributed by atoms with Gasteiger partial charge < -0.3 is 4.90 Å². The SMILES string of the molecule is Fc1ccc(Cl)cc1C1=NCC=C1c1ccc2ncc(N3CCCCCC3)cc2n1. The quantitative estimate of drug-likeness (QED) is 0.546. The van der Waals surface area contributed by atoms with Gasteiger partial charge in [0.25, 0.3) is 0 Å². The lowest BCUT2D eigenvalue weighted by atomic mass is 9.99. The summed E-state index contributed by atoms with van der Waals surface area (Å²) in [5, 5.41) is 0.484. The van der Waals surface area contributed by atoms with Gasteiger partial charge in [0.15, 0.2) is 0 Å². The molecule has 2 aromatic heterocycles. The number of nitrogens with zero attached hydrogens (tertiary/aromatic N) is 4. The van der Waals surface area contributed by atoms with Crippen LogP contribution in [-0.4, -0.2) is 35.3 Å². The average Bonchev–Trinajstić information content (AvgIpc) is 3.09. The molecule has 1 fully saturated rings. The third kappa shape index (κ3) is 3.70. The van der Waals surface area contributed by atoms with Crippen molar-refractivity contribution >= 4 is 39.6 Å². The Labute approximate surface area is 180 Å². The molecule has 0 spiro atoms. The zero-order valence-corrected chi connectivity index (χ0v) is 17.4. The van der Waals surface area contributed by atoms with E-state index in [0.29, 0.717) is 22.8 Å². The number of aromatic nitrogens is 2. The Kier molecular flexibility index (Phi) is 5.21. The van der Waals surface area contributed by atoms with Crippen LogP contribution < -0.4 is 4.90 Å². The van der Waals surface area contributed by atoms with Crippen LogP contribution in [0.4, 0.5) is 10.1 Å². The van der Waals surface area contributed by atoms with Crippen LogP contribution in [0.5, 0.6) is 0 Å². The number of fused-ring (bicyclic) bond motifs is 1. The number of hydrogen-bond donors (Lipinski definition) is 0. The summed E-state index contributed by atoms with van der Waals surface area (Å²) in [4.78, 5) is 16.4. The molecule has 1 aromatic carbocycles. The highest BCUT2D eigenvalue weighted by molar-refractivity contribution is 6.35. The molecule has 5 rings (SSSR count). The second kappa shape index (κ2) is 8.15. The molecule has 3 aromatic rings. The van der Waals surface area contributed by atoms with Crippen LogP contribution in [-0.2, 0) is 0 Å². The van der Waals surface area contributed by atoms with Crippen molar-refractivity contribution in [3.8, 4) is 0 Å². The summed E-state index contributed by atoms with van der Waals surface area (Å²) >= 11 is 6.10. The summed E-state index contributed by atoms with van der Waals surface area (Å²) in [7, 11) is 0. The second-order valence-corrected chi connectivity index (χ2v) is 8.20. The first-order valence-electron chi connectivity index (χ1n) is 10.4. The zero-order valence-electron chi connectivity index (χ0n) is 16.6. The van der Waals surface area contributed by atoms with Crippen LogP contribution in [0.1, 0.15) is 36.9 Å². The maximum absolute atomic E-state index is 14.5. The minimum atomic E-state index is -0.336. The van der Waals surface area contributed by atoms with Gasteiger partial charge >= 0.3 is 0 Å². The van der Waals surface area contributed by atoms with E-state index in [-0.39, 0.29) is 5.82 Å². The summed E-state index contributed by atoms with van der Waals surface area (Å²) in [6.45, 7) is 2.62. The summed E-state index contributed by atoms with van der Waals surface area (Å²) in [6, 6.07) is 10.5. The van der Waals surface area contributed by atoms with Crippen LogP contribution >= 0.6 is 11.6 Å². The predicted molar refractivity (Wildman–Crippen MR) is 121 cm³/mol. The zero-order chi connectivity index (χ0) is 20.5. The van der Waals surface area contributed by atoms with Gasteiger partial charge in [0.05, 0.1) is 40.9 Å². The van der Waals surface area contributed by atoms with Gasteiger partial charge in [-0.1, -0.05) is 30.5 Å². The van der Waals surface area contributed by atoms with Crippen LogP contribution in [0.25, 0.3) is 16.6 Å². The number of allylic oxidation sites excluding steroid dienone is 1. The fraction of sp³-hybridized carbons (Fsp3) is 0.292. The van der Waals surface area contributed by atoms with E-state index in [0.717, 1.165) is 41.1 Å². The molecular weight excluding hydrogens is 399 g/mol. The Bertz CT molecular complexity index is 1160. The minimum absolute atomic E-state index is 0.336. The molecule has 0 aliphatic carbocycles. The molecule has 0 amide bonds. The lowest BCUT2D eigenvalue weighted by Gasteiger charge is -2.22. The molecule has 152 valence electrons. The predicted octanol–water partition coefficient (Wildman–Crippen LogP) is 5.69. The maximum Gasteiger partial charge on any atom is 0.132 e. The Hall–Kier alpha value is -2.79. The van der Waals surface area contributed by atoms with Crippen LogP contribution in [0.2, 0.25) is 5.02 Å². The van der Waals surface area contributed by atoms with E-state index in [1.165, 1.54) is 31.7 Å². The van der Waals surface area contributed by atoms with Gasteiger partial charge in [0.1, 0.15) is 5.82 Å². The number of pyridine rings is 2. The van der Waals surface area contributed by atoms with Crippen molar-refractivity contribution < 1.29 is 4.39 Å². The standard InChI is InChI=1S/C24H22ClFN4/c25-16-5-6-20(26)19(13-16)24-18(9-10-27-24)21-7-8-22-23(29-21)14-17(15-28-22)30-11-3-1-2-4-12-30/h5-9,13-15H,1-4,10-12H2. The molecule has 2 aliphatic heterocycles. The fourth-order valence-electron chi connectivity index (χ4n) is 4.19. The molecule has 0 N–H and O–H groups in total. The first-order chi connectivity index (χ1) is 14.7. The summed E-state index contributed by atoms with van der Waals surface area (Å²) in [6.07, 6.45) is 8.92. The monoisotopic (exact) mass is 420 g/mol. The fourth-order valence-corrected chi connectivity index (χ4v) is 4.37. The van der Waals surface area contributed by atoms with Crippen molar-refractivity contribution in [2.75, 3.05) is 24.5 Å². The van der Waals surface area contributed by atoms with Gasteiger partial charge in [0.2, 0.25) is 0 Å². The van der Waals surface area contributed by atoms with Crippen molar-refractivity contribution in [2.45, 2.75) is 25.7 Å². The summed E-state index contributed by atoms with van der Waals surface area (Å²) in [5.41, 5.74) is 5.41. The number of hydrogen-bond acceptors (Lipinski definition) is 4. The second-order valence-electron chi connectivity index (χ2n) is 7.76. The number of anilines is 1. The molecule has 1 saturated heterocycles. The average molecular weight is 421 g/mol. The van der Waals surface area contributed by atoms with E-state index in [1.54, 1.807) is 12.1 Å². The molecule has 0 atom stereocenters. The third-order valence-electron chi connectivity index (χ3n) is 5.75. The molecule has 4 nitrogen and oxygen atoms in total. The molecule has 0 unspecified atom stereocenters. The van der Waals surface area contributed by atoms with Gasteiger partial charge in [-0.25, -0.2) is 9.37 Å². The van der Waals surface area contributed by atoms with Crippen molar-refractivity contribution in [1.82, 2.24) is 9.97 Å². The van der Waals surface area contributed by atoms with Crippen LogP contribution in [0.3, 0.4) is 0 Å². The van der Waals surface area contributed by atoms with Crippen molar-refractivity contribution in [3.63, 3.8) is 0 Å². The largest absolute Gasteiger partial charge is 0.370 e. The number of halogens is 2. The van der Waals surface area contributed by atoms with E-state index in [1.807, 2.05) is 24.4 Å². The smallest absolute Gasteiger partial charge is 0.132 e. The number of aliphatic imine (C=N–C) groups is 1. The van der Waals surface area contributed by atoms with Gasteiger partial charge in [-0.3, -0.25) is 9.98 Å².